The molecule has 0 unspecified atom stereocenters. The highest BCUT2D eigenvalue weighted by Gasteiger charge is 2.30. The summed E-state index contributed by atoms with van der Waals surface area (Å²) < 4.78 is 49.6. The van der Waals surface area contributed by atoms with Crippen molar-refractivity contribution in [3.05, 3.63) is 47.2 Å². The van der Waals surface area contributed by atoms with Gasteiger partial charge in [-0.1, -0.05) is 31.5 Å². The number of anilines is 1. The minimum atomic E-state index is -4.05. The van der Waals surface area contributed by atoms with E-state index in [1.807, 2.05) is 0 Å². The first-order valence-electron chi connectivity index (χ1n) is 8.18. The van der Waals surface area contributed by atoms with E-state index in [4.69, 9.17) is 11.6 Å². The highest BCUT2D eigenvalue weighted by molar-refractivity contribution is 7.89. The molecule has 1 heterocycles. The maximum atomic E-state index is 13.3. The molecular formula is C17H16ClFN4O3S2. The van der Waals surface area contributed by atoms with Gasteiger partial charge in [0.05, 0.1) is 16.8 Å². The Hall–Kier alpha value is -2.14. The van der Waals surface area contributed by atoms with Gasteiger partial charge in [0.15, 0.2) is 0 Å². The fourth-order valence-electron chi connectivity index (χ4n) is 2.52. The Morgan fingerprint density at radius 3 is 2.64 bits per heavy atom. The quantitative estimate of drug-likeness (QED) is 0.609. The number of sulfonamides is 1. The third-order valence-electron chi connectivity index (χ3n) is 3.96. The molecule has 7 nitrogen and oxygen atoms in total. The largest absolute Gasteiger partial charge is 0.325 e. The molecule has 28 heavy (non-hydrogen) atoms. The van der Waals surface area contributed by atoms with E-state index in [1.165, 1.54) is 18.2 Å². The third kappa shape index (κ3) is 4.30. The minimum Gasteiger partial charge on any atom is -0.325 e. The molecule has 3 aromatic rings. The van der Waals surface area contributed by atoms with Crippen LogP contribution >= 0.6 is 23.3 Å². The summed E-state index contributed by atoms with van der Waals surface area (Å²) in [6.45, 7) is 3.41. The van der Waals surface area contributed by atoms with Crippen molar-refractivity contribution in [1.29, 1.82) is 0 Å². The lowest BCUT2D eigenvalue weighted by atomic mass is 10.0. The lowest BCUT2D eigenvalue weighted by Gasteiger charge is -2.21. The van der Waals surface area contributed by atoms with Crippen LogP contribution in [-0.2, 0) is 14.8 Å². The van der Waals surface area contributed by atoms with Gasteiger partial charge in [0.2, 0.25) is 15.9 Å². The van der Waals surface area contributed by atoms with Crippen LogP contribution in [0.2, 0.25) is 5.02 Å². The van der Waals surface area contributed by atoms with Crippen molar-refractivity contribution in [2.45, 2.75) is 24.8 Å². The van der Waals surface area contributed by atoms with E-state index < -0.39 is 27.8 Å². The molecule has 0 spiro atoms. The maximum absolute atomic E-state index is 13.3. The molecule has 3 rings (SSSR count). The summed E-state index contributed by atoms with van der Waals surface area (Å²) in [6.07, 6.45) is 0. The molecule has 1 amide bonds. The summed E-state index contributed by atoms with van der Waals surface area (Å²) in [5.74, 6) is -1.57. The van der Waals surface area contributed by atoms with E-state index in [0.717, 1.165) is 17.8 Å². The third-order valence-corrected chi connectivity index (χ3v) is 6.26. The van der Waals surface area contributed by atoms with Crippen LogP contribution < -0.4 is 10.0 Å². The SMILES string of the molecule is CC(C)[C@H](NS(=O)(=O)c1cccc2nsnc12)C(=O)Nc1ccc(F)c(Cl)c1. The number of nitrogens with zero attached hydrogens (tertiary/aromatic N) is 2. The molecule has 1 atom stereocenters. The van der Waals surface area contributed by atoms with Gasteiger partial charge >= 0.3 is 0 Å². The number of halogens is 2. The highest BCUT2D eigenvalue weighted by Crippen LogP contribution is 2.23. The first kappa shape index (κ1) is 20.6. The molecule has 0 aliphatic carbocycles. The molecule has 0 fully saturated rings. The molecule has 11 heteroatoms. The van der Waals surface area contributed by atoms with Crippen molar-refractivity contribution in [3.8, 4) is 0 Å². The number of benzene rings is 2. The predicted molar refractivity (Wildman–Crippen MR) is 106 cm³/mol. The number of rotatable bonds is 6. The first-order chi connectivity index (χ1) is 13.2. The Balaban J connectivity index is 1.86. The molecule has 0 bridgehead atoms. The van der Waals surface area contributed by atoms with Gasteiger partial charge < -0.3 is 5.32 Å². The number of carbonyl (C=O) groups is 1. The molecule has 0 aliphatic heterocycles. The van der Waals surface area contributed by atoms with Crippen LogP contribution in [0.25, 0.3) is 11.0 Å². The van der Waals surface area contributed by atoms with Crippen LogP contribution in [0.5, 0.6) is 0 Å². The number of hydrogen-bond donors (Lipinski definition) is 2. The van der Waals surface area contributed by atoms with Crippen molar-refractivity contribution in [3.63, 3.8) is 0 Å². The van der Waals surface area contributed by atoms with Gasteiger partial charge in [0, 0.05) is 5.69 Å². The predicted octanol–water partition coefficient (Wildman–Crippen LogP) is 3.43. The number of aromatic nitrogens is 2. The Bertz CT molecular complexity index is 1130. The van der Waals surface area contributed by atoms with E-state index in [2.05, 4.69) is 18.8 Å². The van der Waals surface area contributed by atoms with E-state index in [1.54, 1.807) is 26.0 Å². The number of nitrogens with one attached hydrogen (secondary N) is 2. The standard InChI is InChI=1S/C17H16ClFN4O3S2/c1-9(2)15(17(24)20-10-6-7-12(19)11(18)8-10)23-28(25,26)14-5-3-4-13-16(14)22-27-21-13/h3-9,15,23H,1-2H3,(H,20,24)/t15-/m0/s1. The van der Waals surface area contributed by atoms with Crippen molar-refractivity contribution >= 4 is 56.0 Å². The number of fused-ring (bicyclic) bond motifs is 1. The molecule has 0 aliphatic rings. The van der Waals surface area contributed by atoms with Gasteiger partial charge in [-0.2, -0.15) is 13.5 Å². The first-order valence-corrected chi connectivity index (χ1v) is 10.8. The average Bonchev–Trinajstić information content (AvgIpc) is 3.11. The Morgan fingerprint density at radius 1 is 1.21 bits per heavy atom. The second-order valence-corrected chi connectivity index (χ2v) is 8.97. The fraction of sp³-hybridized carbons (Fsp3) is 0.235. The van der Waals surface area contributed by atoms with E-state index in [9.17, 15) is 17.6 Å². The van der Waals surface area contributed by atoms with Gasteiger partial charge in [-0.25, -0.2) is 12.8 Å². The lowest BCUT2D eigenvalue weighted by Crippen LogP contribution is -2.47. The molecular weight excluding hydrogens is 427 g/mol. The molecule has 0 saturated heterocycles. The Labute approximate surface area is 170 Å². The van der Waals surface area contributed by atoms with E-state index in [0.29, 0.717) is 5.52 Å². The molecule has 148 valence electrons. The van der Waals surface area contributed by atoms with Crippen LogP contribution in [0.1, 0.15) is 13.8 Å². The maximum Gasteiger partial charge on any atom is 0.243 e. The smallest absolute Gasteiger partial charge is 0.243 e. The Kier molecular flexibility index (Phi) is 5.94. The van der Waals surface area contributed by atoms with Gasteiger partial charge in [0.1, 0.15) is 27.8 Å². The molecule has 2 aromatic carbocycles. The highest BCUT2D eigenvalue weighted by atomic mass is 35.5. The lowest BCUT2D eigenvalue weighted by molar-refractivity contribution is -0.118. The van der Waals surface area contributed by atoms with Crippen molar-refractivity contribution in [1.82, 2.24) is 13.5 Å². The van der Waals surface area contributed by atoms with Gasteiger partial charge in [-0.05, 0) is 36.2 Å². The van der Waals surface area contributed by atoms with Gasteiger partial charge in [0.25, 0.3) is 0 Å². The summed E-state index contributed by atoms with van der Waals surface area (Å²) in [7, 11) is -4.05. The van der Waals surface area contributed by atoms with Crippen molar-refractivity contribution in [2.24, 2.45) is 5.92 Å². The zero-order valence-electron chi connectivity index (χ0n) is 14.8. The molecule has 1 aromatic heterocycles. The molecule has 0 radical (unpaired) electrons. The minimum absolute atomic E-state index is 0.0537. The number of amides is 1. The van der Waals surface area contributed by atoms with Crippen LogP contribution in [0.4, 0.5) is 10.1 Å². The van der Waals surface area contributed by atoms with Crippen molar-refractivity contribution < 1.29 is 17.6 Å². The molecule has 0 saturated carbocycles. The topological polar surface area (TPSA) is 101 Å². The summed E-state index contributed by atoms with van der Waals surface area (Å²) in [5.41, 5.74) is 0.958. The van der Waals surface area contributed by atoms with Crippen LogP contribution in [0, 0.1) is 11.7 Å². The summed E-state index contributed by atoms with van der Waals surface area (Å²) in [4.78, 5) is 12.6. The number of hydrogen-bond acceptors (Lipinski definition) is 6. The van der Waals surface area contributed by atoms with Crippen LogP contribution in [-0.4, -0.2) is 29.1 Å². The van der Waals surface area contributed by atoms with Gasteiger partial charge in [-0.3, -0.25) is 4.79 Å². The summed E-state index contributed by atoms with van der Waals surface area (Å²) >= 11 is 6.63. The molecule has 2 N–H and O–H groups in total. The fourth-order valence-corrected chi connectivity index (χ4v) is 4.81. The summed E-state index contributed by atoms with van der Waals surface area (Å²) in [5, 5.41) is 2.40. The van der Waals surface area contributed by atoms with Crippen LogP contribution in [0.3, 0.4) is 0 Å². The average molecular weight is 443 g/mol. The zero-order chi connectivity index (χ0) is 20.5. The second-order valence-electron chi connectivity index (χ2n) is 6.35. The normalized spacial score (nSPS) is 13.0. The van der Waals surface area contributed by atoms with E-state index in [-0.39, 0.29) is 27.0 Å². The van der Waals surface area contributed by atoms with E-state index >= 15 is 0 Å². The monoisotopic (exact) mass is 442 g/mol. The summed E-state index contributed by atoms with van der Waals surface area (Å²) in [6, 6.07) is 7.25. The number of carbonyl (C=O) groups excluding carboxylic acids is 1. The van der Waals surface area contributed by atoms with Gasteiger partial charge in [-0.15, -0.1) is 0 Å². The zero-order valence-corrected chi connectivity index (χ0v) is 17.2. The Morgan fingerprint density at radius 2 is 1.96 bits per heavy atom. The van der Waals surface area contributed by atoms with Crippen molar-refractivity contribution in [2.75, 3.05) is 5.32 Å². The van der Waals surface area contributed by atoms with Crippen LogP contribution in [0.15, 0.2) is 41.3 Å². The second kappa shape index (κ2) is 8.08.